The Balaban J connectivity index is 2.37. The first-order valence-electron chi connectivity index (χ1n) is 3.50. The number of halogens is 1. The minimum Gasteiger partial charge on any atom is -0.465 e. The van der Waals surface area contributed by atoms with Crippen molar-refractivity contribution in [3.05, 3.63) is 0 Å². The second-order valence-electron chi connectivity index (χ2n) is 2.63. The maximum absolute atomic E-state index is 12.1. The first-order valence-corrected chi connectivity index (χ1v) is 3.50. The van der Waals surface area contributed by atoms with Gasteiger partial charge in [0.05, 0.1) is 12.7 Å². The molecule has 2 atom stereocenters. The van der Waals surface area contributed by atoms with E-state index in [-0.39, 0.29) is 12.0 Å². The molecule has 5 heteroatoms. The summed E-state index contributed by atoms with van der Waals surface area (Å²) in [5, 5.41) is 13.5. The molecule has 0 unspecified atom stereocenters. The lowest BCUT2D eigenvalue weighted by molar-refractivity contribution is 0.186. The van der Waals surface area contributed by atoms with Crippen LogP contribution in [0.4, 0.5) is 9.18 Å². The Morgan fingerprint density at radius 1 is 1.73 bits per heavy atom. The summed E-state index contributed by atoms with van der Waals surface area (Å²) in [5.41, 5.74) is 0. The third-order valence-corrected chi connectivity index (χ3v) is 1.85. The van der Waals surface area contributed by atoms with Crippen molar-refractivity contribution in [1.82, 2.24) is 10.6 Å². The summed E-state index contributed by atoms with van der Waals surface area (Å²) in [6.45, 7) is 0.611. The van der Waals surface area contributed by atoms with Gasteiger partial charge in [-0.05, 0) is 0 Å². The average molecular weight is 162 g/mol. The summed E-state index contributed by atoms with van der Waals surface area (Å²) in [5.74, 6) is -0.203. The predicted octanol–water partition coefficient (Wildman–Crippen LogP) is -0.189. The second kappa shape index (κ2) is 3.52. The predicted molar refractivity (Wildman–Crippen MR) is 37.3 cm³/mol. The first kappa shape index (κ1) is 8.26. The van der Waals surface area contributed by atoms with E-state index in [1.807, 2.05) is 0 Å². The Labute approximate surface area is 63.8 Å². The maximum Gasteiger partial charge on any atom is 0.404 e. The van der Waals surface area contributed by atoms with Crippen LogP contribution in [-0.4, -0.2) is 37.0 Å². The van der Waals surface area contributed by atoms with E-state index >= 15 is 0 Å². The van der Waals surface area contributed by atoms with Crippen LogP contribution in [0.15, 0.2) is 0 Å². The zero-order valence-corrected chi connectivity index (χ0v) is 6.01. The molecule has 4 nitrogen and oxygen atoms in total. The molecule has 0 radical (unpaired) electrons. The average Bonchev–Trinajstić information content (AvgIpc) is 2.34. The highest BCUT2D eigenvalue weighted by Crippen LogP contribution is 2.08. The van der Waals surface area contributed by atoms with Gasteiger partial charge in [0.2, 0.25) is 0 Å². The number of hydrogen-bond donors (Lipinski definition) is 3. The Bertz CT molecular complexity index is 154. The molecule has 0 aromatic carbocycles. The van der Waals surface area contributed by atoms with Crippen LogP contribution in [0, 0.1) is 5.92 Å². The fourth-order valence-electron chi connectivity index (χ4n) is 1.22. The van der Waals surface area contributed by atoms with Gasteiger partial charge in [-0.3, -0.25) is 4.39 Å². The third kappa shape index (κ3) is 2.04. The second-order valence-corrected chi connectivity index (χ2v) is 2.63. The van der Waals surface area contributed by atoms with Gasteiger partial charge in [0.15, 0.2) is 0 Å². The van der Waals surface area contributed by atoms with Crippen LogP contribution in [0.3, 0.4) is 0 Å². The zero-order chi connectivity index (χ0) is 8.27. The molecule has 3 N–H and O–H groups in total. The summed E-state index contributed by atoms with van der Waals surface area (Å²) >= 11 is 0. The minimum atomic E-state index is -1.09. The van der Waals surface area contributed by atoms with Gasteiger partial charge in [-0.15, -0.1) is 0 Å². The van der Waals surface area contributed by atoms with Gasteiger partial charge in [-0.2, -0.15) is 0 Å². The van der Waals surface area contributed by atoms with Crippen LogP contribution in [-0.2, 0) is 0 Å². The lowest BCUT2D eigenvalue weighted by Gasteiger charge is -2.14. The van der Waals surface area contributed by atoms with Gasteiger partial charge in [0.25, 0.3) is 0 Å². The highest BCUT2D eigenvalue weighted by Gasteiger charge is 2.27. The molecule has 1 aliphatic rings. The van der Waals surface area contributed by atoms with Crippen molar-refractivity contribution in [2.75, 3.05) is 19.8 Å². The summed E-state index contributed by atoms with van der Waals surface area (Å²) in [4.78, 5) is 10.2. The van der Waals surface area contributed by atoms with Gasteiger partial charge in [0.1, 0.15) is 0 Å². The van der Waals surface area contributed by atoms with Gasteiger partial charge < -0.3 is 15.7 Å². The van der Waals surface area contributed by atoms with E-state index < -0.39 is 12.8 Å². The van der Waals surface area contributed by atoms with Crippen molar-refractivity contribution in [2.45, 2.75) is 6.04 Å². The van der Waals surface area contributed by atoms with E-state index in [1.165, 1.54) is 0 Å². The van der Waals surface area contributed by atoms with Crippen molar-refractivity contribution in [3.63, 3.8) is 0 Å². The Hall–Kier alpha value is -0.840. The van der Waals surface area contributed by atoms with Crippen LogP contribution in [0.25, 0.3) is 0 Å². The molecule has 0 aromatic heterocycles. The number of rotatable bonds is 2. The molecule has 1 amide bonds. The fraction of sp³-hybridized carbons (Fsp3) is 0.833. The molecule has 1 aliphatic heterocycles. The maximum atomic E-state index is 12.1. The molecular formula is C6H11FN2O2. The Kier molecular flexibility index (Phi) is 2.64. The van der Waals surface area contributed by atoms with E-state index in [0.29, 0.717) is 13.1 Å². The molecule has 0 bridgehead atoms. The van der Waals surface area contributed by atoms with Crippen molar-refractivity contribution in [1.29, 1.82) is 0 Å². The van der Waals surface area contributed by atoms with E-state index in [9.17, 15) is 9.18 Å². The van der Waals surface area contributed by atoms with Crippen LogP contribution < -0.4 is 10.6 Å². The van der Waals surface area contributed by atoms with Crippen LogP contribution >= 0.6 is 0 Å². The number of amides is 1. The fourth-order valence-corrected chi connectivity index (χ4v) is 1.22. The molecule has 64 valence electrons. The van der Waals surface area contributed by atoms with Crippen molar-refractivity contribution in [2.24, 2.45) is 5.92 Å². The SMILES string of the molecule is O=C(O)N[C@H]1CNC[C@H]1CF. The number of carboxylic acid groups (broad SMARTS) is 1. The highest BCUT2D eigenvalue weighted by atomic mass is 19.1. The van der Waals surface area contributed by atoms with E-state index in [0.717, 1.165) is 0 Å². The largest absolute Gasteiger partial charge is 0.465 e. The van der Waals surface area contributed by atoms with E-state index in [1.54, 1.807) is 0 Å². The van der Waals surface area contributed by atoms with Crippen LogP contribution in [0.2, 0.25) is 0 Å². The normalized spacial score (nSPS) is 30.3. The van der Waals surface area contributed by atoms with Crippen molar-refractivity contribution < 1.29 is 14.3 Å². The van der Waals surface area contributed by atoms with E-state index in [4.69, 9.17) is 5.11 Å². The molecular weight excluding hydrogens is 151 g/mol. The van der Waals surface area contributed by atoms with E-state index in [2.05, 4.69) is 10.6 Å². The Morgan fingerprint density at radius 2 is 2.45 bits per heavy atom. The Morgan fingerprint density at radius 3 is 3.00 bits per heavy atom. The van der Waals surface area contributed by atoms with Gasteiger partial charge in [-0.25, -0.2) is 4.79 Å². The van der Waals surface area contributed by atoms with Gasteiger partial charge in [0, 0.05) is 19.0 Å². The molecule has 11 heavy (non-hydrogen) atoms. The quantitative estimate of drug-likeness (QED) is 0.527. The molecule has 0 saturated carbocycles. The minimum absolute atomic E-state index is 0.203. The molecule has 1 heterocycles. The summed E-state index contributed by atoms with van der Waals surface area (Å²) in [7, 11) is 0. The number of alkyl halides is 1. The zero-order valence-electron chi connectivity index (χ0n) is 6.01. The van der Waals surface area contributed by atoms with Crippen LogP contribution in [0.1, 0.15) is 0 Å². The van der Waals surface area contributed by atoms with Gasteiger partial charge in [-0.1, -0.05) is 0 Å². The standard InChI is InChI=1S/C6H11FN2O2/c7-1-4-2-8-3-5(4)9-6(10)11/h4-5,8-9H,1-3H2,(H,10,11)/t4-,5+/m1/s1. The summed E-state index contributed by atoms with van der Waals surface area (Å²) in [6.07, 6.45) is -1.09. The number of carbonyl (C=O) groups is 1. The highest BCUT2D eigenvalue weighted by molar-refractivity contribution is 5.65. The van der Waals surface area contributed by atoms with Gasteiger partial charge >= 0.3 is 6.09 Å². The number of nitrogens with one attached hydrogen (secondary N) is 2. The topological polar surface area (TPSA) is 61.4 Å². The van der Waals surface area contributed by atoms with Crippen molar-refractivity contribution >= 4 is 6.09 Å². The lowest BCUT2D eigenvalue weighted by Crippen LogP contribution is -2.40. The molecule has 0 aromatic rings. The molecule has 1 rings (SSSR count). The summed E-state index contributed by atoms with van der Waals surface area (Å²) < 4.78 is 12.1. The monoisotopic (exact) mass is 162 g/mol. The molecule has 0 aliphatic carbocycles. The summed E-state index contributed by atoms with van der Waals surface area (Å²) in [6, 6.07) is -0.266. The molecule has 1 saturated heterocycles. The third-order valence-electron chi connectivity index (χ3n) is 1.85. The lowest BCUT2D eigenvalue weighted by atomic mass is 10.1. The number of hydrogen-bond acceptors (Lipinski definition) is 2. The first-order chi connectivity index (χ1) is 5.24. The smallest absolute Gasteiger partial charge is 0.404 e. The molecule has 0 spiro atoms. The molecule has 1 fully saturated rings. The van der Waals surface area contributed by atoms with Crippen LogP contribution in [0.5, 0.6) is 0 Å². The van der Waals surface area contributed by atoms with Crippen molar-refractivity contribution in [3.8, 4) is 0 Å².